The van der Waals surface area contributed by atoms with E-state index in [1.165, 1.54) is 19.3 Å². The van der Waals surface area contributed by atoms with Crippen molar-refractivity contribution in [2.45, 2.75) is 46.5 Å². The molecule has 58 valence electrons. The maximum Gasteiger partial charge on any atom is 0.00860 e. The molecular formula is C10H18. The van der Waals surface area contributed by atoms with Crippen molar-refractivity contribution in [3.63, 3.8) is 0 Å². The SMILES string of the molecule is C#CCCCCC(C)(C)C. The molecule has 0 heterocycles. The highest BCUT2D eigenvalue weighted by atomic mass is 14.1. The maximum absolute atomic E-state index is 5.13. The van der Waals surface area contributed by atoms with Gasteiger partial charge in [-0.25, -0.2) is 0 Å². The maximum atomic E-state index is 5.13. The number of terminal acetylenes is 1. The van der Waals surface area contributed by atoms with Crippen molar-refractivity contribution in [2.24, 2.45) is 5.41 Å². The minimum atomic E-state index is 0.481. The number of hydrogen-bond acceptors (Lipinski definition) is 0. The summed E-state index contributed by atoms with van der Waals surface area (Å²) in [6.45, 7) is 6.80. The van der Waals surface area contributed by atoms with Gasteiger partial charge in [-0.1, -0.05) is 27.2 Å². The molecule has 0 spiro atoms. The van der Waals surface area contributed by atoms with Crippen molar-refractivity contribution < 1.29 is 0 Å². The number of rotatable bonds is 3. The molecule has 0 amide bonds. The smallest absolute Gasteiger partial charge is 0.00860 e. The molecule has 0 nitrogen and oxygen atoms in total. The van der Waals surface area contributed by atoms with E-state index in [1.807, 2.05) is 0 Å². The fraction of sp³-hybridized carbons (Fsp3) is 0.800. The fourth-order valence-corrected chi connectivity index (χ4v) is 0.882. The summed E-state index contributed by atoms with van der Waals surface area (Å²) in [7, 11) is 0. The van der Waals surface area contributed by atoms with Crippen LogP contribution in [-0.4, -0.2) is 0 Å². The molecular weight excluding hydrogens is 120 g/mol. The number of unbranched alkanes of at least 4 members (excludes halogenated alkanes) is 2. The summed E-state index contributed by atoms with van der Waals surface area (Å²) in [6, 6.07) is 0. The molecule has 0 atom stereocenters. The Hall–Kier alpha value is -0.440. The van der Waals surface area contributed by atoms with E-state index in [0.717, 1.165) is 6.42 Å². The molecule has 0 N–H and O–H groups in total. The summed E-state index contributed by atoms with van der Waals surface area (Å²) in [6.07, 6.45) is 9.82. The first-order valence-corrected chi connectivity index (χ1v) is 4.00. The van der Waals surface area contributed by atoms with Crippen molar-refractivity contribution in [1.29, 1.82) is 0 Å². The normalized spacial score (nSPS) is 11.0. The Bertz CT molecular complexity index is 109. The van der Waals surface area contributed by atoms with Crippen LogP contribution in [0.1, 0.15) is 46.5 Å². The van der Waals surface area contributed by atoms with Gasteiger partial charge in [0.25, 0.3) is 0 Å². The summed E-state index contributed by atoms with van der Waals surface area (Å²) in [5, 5.41) is 0. The van der Waals surface area contributed by atoms with E-state index in [1.54, 1.807) is 0 Å². The number of hydrogen-bond donors (Lipinski definition) is 0. The van der Waals surface area contributed by atoms with Crippen molar-refractivity contribution in [3.05, 3.63) is 0 Å². The Morgan fingerprint density at radius 1 is 1.20 bits per heavy atom. The first-order chi connectivity index (χ1) is 4.56. The molecule has 0 aliphatic heterocycles. The van der Waals surface area contributed by atoms with E-state index in [4.69, 9.17) is 6.42 Å². The Labute approximate surface area is 65.0 Å². The topological polar surface area (TPSA) is 0 Å². The van der Waals surface area contributed by atoms with Crippen LogP contribution in [0.4, 0.5) is 0 Å². The van der Waals surface area contributed by atoms with Gasteiger partial charge in [0.15, 0.2) is 0 Å². The molecule has 10 heavy (non-hydrogen) atoms. The van der Waals surface area contributed by atoms with E-state index in [0.29, 0.717) is 5.41 Å². The molecule has 0 unspecified atom stereocenters. The summed E-state index contributed by atoms with van der Waals surface area (Å²) in [5.41, 5.74) is 0.481. The summed E-state index contributed by atoms with van der Waals surface area (Å²) in [5.74, 6) is 2.65. The minimum absolute atomic E-state index is 0.481. The highest BCUT2D eigenvalue weighted by Crippen LogP contribution is 2.21. The zero-order valence-electron chi connectivity index (χ0n) is 7.41. The fourth-order valence-electron chi connectivity index (χ4n) is 0.882. The lowest BCUT2D eigenvalue weighted by Crippen LogP contribution is -2.03. The van der Waals surface area contributed by atoms with E-state index >= 15 is 0 Å². The Balaban J connectivity index is 3.14. The van der Waals surface area contributed by atoms with Gasteiger partial charge in [-0.3, -0.25) is 0 Å². The summed E-state index contributed by atoms with van der Waals surface area (Å²) < 4.78 is 0. The zero-order valence-corrected chi connectivity index (χ0v) is 7.41. The van der Waals surface area contributed by atoms with Crippen LogP contribution < -0.4 is 0 Å². The average molecular weight is 138 g/mol. The van der Waals surface area contributed by atoms with Crippen LogP contribution in [0, 0.1) is 17.8 Å². The summed E-state index contributed by atoms with van der Waals surface area (Å²) >= 11 is 0. The van der Waals surface area contributed by atoms with Gasteiger partial charge in [-0.15, -0.1) is 12.3 Å². The molecule has 0 rings (SSSR count). The van der Waals surface area contributed by atoms with Gasteiger partial charge in [-0.05, 0) is 18.3 Å². The quantitative estimate of drug-likeness (QED) is 0.415. The molecule has 0 aromatic heterocycles. The second-order valence-corrected chi connectivity index (χ2v) is 3.97. The van der Waals surface area contributed by atoms with E-state index in [-0.39, 0.29) is 0 Å². The molecule has 0 saturated carbocycles. The minimum Gasteiger partial charge on any atom is -0.120 e. The monoisotopic (exact) mass is 138 g/mol. The molecule has 0 aliphatic carbocycles. The predicted molar refractivity (Wildman–Crippen MR) is 46.8 cm³/mol. The second kappa shape index (κ2) is 4.39. The molecule has 0 aliphatic rings. The molecule has 0 saturated heterocycles. The van der Waals surface area contributed by atoms with Gasteiger partial charge in [0, 0.05) is 6.42 Å². The second-order valence-electron chi connectivity index (χ2n) is 3.97. The van der Waals surface area contributed by atoms with Crippen LogP contribution in [0.2, 0.25) is 0 Å². The predicted octanol–water partition coefficient (Wildman–Crippen LogP) is 3.23. The van der Waals surface area contributed by atoms with Crippen LogP contribution in [0.15, 0.2) is 0 Å². The average Bonchev–Trinajstić information content (AvgIpc) is 1.78. The van der Waals surface area contributed by atoms with Crippen molar-refractivity contribution >= 4 is 0 Å². The Morgan fingerprint density at radius 3 is 2.20 bits per heavy atom. The van der Waals surface area contributed by atoms with E-state index < -0.39 is 0 Å². The Kier molecular flexibility index (Phi) is 4.19. The van der Waals surface area contributed by atoms with E-state index in [2.05, 4.69) is 26.7 Å². The first kappa shape index (κ1) is 9.56. The Morgan fingerprint density at radius 2 is 1.80 bits per heavy atom. The largest absolute Gasteiger partial charge is 0.120 e. The molecule has 0 fully saturated rings. The van der Waals surface area contributed by atoms with Gasteiger partial charge in [-0.2, -0.15) is 0 Å². The van der Waals surface area contributed by atoms with Crippen LogP contribution in [-0.2, 0) is 0 Å². The van der Waals surface area contributed by atoms with Gasteiger partial charge >= 0.3 is 0 Å². The highest BCUT2D eigenvalue weighted by Gasteiger charge is 2.07. The first-order valence-electron chi connectivity index (χ1n) is 4.00. The van der Waals surface area contributed by atoms with Crippen LogP contribution >= 0.6 is 0 Å². The molecule has 0 bridgehead atoms. The van der Waals surface area contributed by atoms with Crippen molar-refractivity contribution in [2.75, 3.05) is 0 Å². The third-order valence-electron chi connectivity index (χ3n) is 1.50. The summed E-state index contributed by atoms with van der Waals surface area (Å²) in [4.78, 5) is 0. The van der Waals surface area contributed by atoms with Gasteiger partial charge in [0.05, 0.1) is 0 Å². The standard InChI is InChI=1S/C10H18/c1-5-6-7-8-9-10(2,3)4/h1H,6-9H2,2-4H3. The molecule has 0 heteroatoms. The van der Waals surface area contributed by atoms with E-state index in [9.17, 15) is 0 Å². The lowest BCUT2D eigenvalue weighted by Gasteiger charge is -2.16. The lowest BCUT2D eigenvalue weighted by atomic mass is 9.89. The molecule has 0 aromatic carbocycles. The molecule has 0 aromatic rings. The van der Waals surface area contributed by atoms with Crippen LogP contribution in [0.25, 0.3) is 0 Å². The molecule has 0 radical (unpaired) electrons. The highest BCUT2D eigenvalue weighted by molar-refractivity contribution is 4.83. The van der Waals surface area contributed by atoms with Gasteiger partial charge in [0.1, 0.15) is 0 Å². The van der Waals surface area contributed by atoms with Gasteiger partial charge < -0.3 is 0 Å². The van der Waals surface area contributed by atoms with Crippen LogP contribution in [0.5, 0.6) is 0 Å². The van der Waals surface area contributed by atoms with Crippen molar-refractivity contribution in [3.8, 4) is 12.3 Å². The van der Waals surface area contributed by atoms with Crippen molar-refractivity contribution in [1.82, 2.24) is 0 Å². The van der Waals surface area contributed by atoms with Crippen LogP contribution in [0.3, 0.4) is 0 Å². The van der Waals surface area contributed by atoms with Gasteiger partial charge in [0.2, 0.25) is 0 Å². The lowest BCUT2D eigenvalue weighted by molar-refractivity contribution is 0.361. The third kappa shape index (κ3) is 7.56. The zero-order chi connectivity index (χ0) is 8.04. The third-order valence-corrected chi connectivity index (χ3v) is 1.50.